The van der Waals surface area contributed by atoms with E-state index >= 15 is 0 Å². The predicted octanol–water partition coefficient (Wildman–Crippen LogP) is 4.19. The number of hydrogen-bond donors (Lipinski definition) is 2. The molecule has 166 valence electrons. The van der Waals surface area contributed by atoms with Crippen molar-refractivity contribution in [3.8, 4) is 0 Å². The molecule has 0 amide bonds. The van der Waals surface area contributed by atoms with Crippen molar-refractivity contribution in [2.75, 3.05) is 46.9 Å². The summed E-state index contributed by atoms with van der Waals surface area (Å²) in [5.74, 6) is 1.93. The highest BCUT2D eigenvalue weighted by molar-refractivity contribution is 14.0. The van der Waals surface area contributed by atoms with Gasteiger partial charge in [-0.15, -0.1) is 24.0 Å². The third-order valence-electron chi connectivity index (χ3n) is 6.52. The van der Waals surface area contributed by atoms with Crippen LogP contribution in [0.25, 0.3) is 0 Å². The van der Waals surface area contributed by atoms with Gasteiger partial charge in [0.1, 0.15) is 5.76 Å². The predicted molar refractivity (Wildman–Crippen MR) is 129 cm³/mol. The molecular weight excluding hydrogens is 479 g/mol. The van der Waals surface area contributed by atoms with Crippen LogP contribution in [0.5, 0.6) is 0 Å². The zero-order valence-corrected chi connectivity index (χ0v) is 20.5. The molecule has 2 N–H and O–H groups in total. The molecule has 2 heterocycles. The summed E-state index contributed by atoms with van der Waals surface area (Å²) in [6, 6.07) is 4.33. The maximum atomic E-state index is 5.76. The Bertz CT molecular complexity index is 582. The zero-order chi connectivity index (χ0) is 19.7. The quantitative estimate of drug-likeness (QED) is 0.292. The lowest BCUT2D eigenvalue weighted by atomic mass is 9.83. The summed E-state index contributed by atoms with van der Waals surface area (Å²) < 4.78 is 11.1. The van der Waals surface area contributed by atoms with E-state index in [9.17, 15) is 0 Å². The highest BCUT2D eigenvalue weighted by atomic mass is 127. The molecule has 1 aromatic heterocycles. The van der Waals surface area contributed by atoms with Gasteiger partial charge < -0.3 is 19.8 Å². The Kier molecular flexibility index (Phi) is 10.8. The molecular formula is C22H39IN4O2. The Balaban J connectivity index is 0.00000300. The van der Waals surface area contributed by atoms with E-state index in [2.05, 4.69) is 26.6 Å². The molecule has 3 rings (SSSR count). The Labute approximate surface area is 193 Å². The minimum Gasteiger partial charge on any atom is -0.468 e. The monoisotopic (exact) mass is 518 g/mol. The van der Waals surface area contributed by atoms with Gasteiger partial charge in [-0.25, -0.2) is 0 Å². The van der Waals surface area contributed by atoms with E-state index in [1.54, 1.807) is 13.4 Å². The Morgan fingerprint density at radius 1 is 1.21 bits per heavy atom. The Hall–Kier alpha value is -0.800. The number of ether oxygens (including phenoxy) is 1. The number of halogens is 1. The number of guanidine groups is 1. The van der Waals surface area contributed by atoms with Crippen molar-refractivity contribution in [3.05, 3.63) is 24.2 Å². The molecule has 1 unspecified atom stereocenters. The molecule has 1 aliphatic carbocycles. The summed E-state index contributed by atoms with van der Waals surface area (Å²) in [5, 5.41) is 7.16. The van der Waals surface area contributed by atoms with Crippen LogP contribution in [0.3, 0.4) is 0 Å². The third kappa shape index (κ3) is 7.14. The second-order valence-electron chi connectivity index (χ2n) is 8.38. The number of methoxy groups -OCH3 is 1. The van der Waals surface area contributed by atoms with E-state index in [4.69, 9.17) is 9.15 Å². The van der Waals surface area contributed by atoms with Gasteiger partial charge in [0.2, 0.25) is 0 Å². The first kappa shape index (κ1) is 24.5. The lowest BCUT2D eigenvalue weighted by Crippen LogP contribution is -2.47. The van der Waals surface area contributed by atoms with E-state index < -0.39 is 0 Å². The molecule has 1 aliphatic heterocycles. The Morgan fingerprint density at radius 2 is 1.97 bits per heavy atom. The van der Waals surface area contributed by atoms with Crippen molar-refractivity contribution >= 4 is 29.9 Å². The van der Waals surface area contributed by atoms with E-state index in [0.717, 1.165) is 50.9 Å². The van der Waals surface area contributed by atoms with Gasteiger partial charge >= 0.3 is 0 Å². The first-order chi connectivity index (χ1) is 13.8. The van der Waals surface area contributed by atoms with Gasteiger partial charge in [0.05, 0.1) is 12.3 Å². The summed E-state index contributed by atoms with van der Waals surface area (Å²) in [4.78, 5) is 7.01. The highest BCUT2D eigenvalue weighted by Gasteiger charge is 2.33. The van der Waals surface area contributed by atoms with E-state index in [0.29, 0.717) is 5.41 Å². The zero-order valence-electron chi connectivity index (χ0n) is 18.1. The topological polar surface area (TPSA) is 62.0 Å². The van der Waals surface area contributed by atoms with Crippen molar-refractivity contribution in [1.82, 2.24) is 15.5 Å². The number of furan rings is 1. The highest BCUT2D eigenvalue weighted by Crippen LogP contribution is 2.40. The summed E-state index contributed by atoms with van der Waals surface area (Å²) in [7, 11) is 3.65. The van der Waals surface area contributed by atoms with Crippen LogP contribution in [-0.4, -0.2) is 57.8 Å². The van der Waals surface area contributed by atoms with Crippen molar-refractivity contribution in [2.24, 2.45) is 10.4 Å². The molecule has 6 nitrogen and oxygen atoms in total. The van der Waals surface area contributed by atoms with Crippen LogP contribution in [0.15, 0.2) is 27.8 Å². The van der Waals surface area contributed by atoms with Gasteiger partial charge in [0.25, 0.3) is 0 Å². The van der Waals surface area contributed by atoms with Crippen molar-refractivity contribution < 1.29 is 9.15 Å². The summed E-state index contributed by atoms with van der Waals surface area (Å²) in [6.07, 6.45) is 12.0. The van der Waals surface area contributed by atoms with Crippen LogP contribution in [0.4, 0.5) is 0 Å². The van der Waals surface area contributed by atoms with Crippen LogP contribution in [0.2, 0.25) is 0 Å². The summed E-state index contributed by atoms with van der Waals surface area (Å²) in [5.41, 5.74) is 0.348. The SMILES string of the molecule is CN=C(NCC(c1ccco1)N1CCCCC1)NCC1(CCOC)CCCC1.I. The van der Waals surface area contributed by atoms with Crippen LogP contribution in [-0.2, 0) is 4.74 Å². The molecule has 0 radical (unpaired) electrons. The summed E-state index contributed by atoms with van der Waals surface area (Å²) in [6.45, 7) is 4.88. The molecule has 2 aliphatic rings. The van der Waals surface area contributed by atoms with Gasteiger partial charge in [0, 0.05) is 33.9 Å². The molecule has 2 fully saturated rings. The van der Waals surface area contributed by atoms with Crippen LogP contribution >= 0.6 is 24.0 Å². The van der Waals surface area contributed by atoms with E-state index in [1.807, 2.05) is 13.1 Å². The lowest BCUT2D eigenvalue weighted by Gasteiger charge is -2.34. The number of nitrogens with zero attached hydrogens (tertiary/aromatic N) is 2. The smallest absolute Gasteiger partial charge is 0.191 e. The fourth-order valence-electron chi connectivity index (χ4n) is 4.76. The number of nitrogens with one attached hydrogen (secondary N) is 2. The maximum Gasteiger partial charge on any atom is 0.191 e. The second-order valence-corrected chi connectivity index (χ2v) is 8.38. The first-order valence-corrected chi connectivity index (χ1v) is 11.0. The molecule has 1 saturated heterocycles. The number of likely N-dealkylation sites (tertiary alicyclic amines) is 1. The van der Waals surface area contributed by atoms with E-state index in [1.165, 1.54) is 44.9 Å². The van der Waals surface area contributed by atoms with Crippen LogP contribution in [0, 0.1) is 5.41 Å². The minimum atomic E-state index is 0. The first-order valence-electron chi connectivity index (χ1n) is 11.0. The molecule has 0 aromatic carbocycles. The average molecular weight is 518 g/mol. The van der Waals surface area contributed by atoms with Crippen LogP contribution in [0.1, 0.15) is 63.2 Å². The second kappa shape index (κ2) is 12.8. The van der Waals surface area contributed by atoms with Crippen molar-refractivity contribution in [2.45, 2.75) is 57.4 Å². The van der Waals surface area contributed by atoms with Gasteiger partial charge in [-0.2, -0.15) is 0 Å². The molecule has 7 heteroatoms. The fraction of sp³-hybridized carbons (Fsp3) is 0.773. The number of aliphatic imine (C=N–C) groups is 1. The largest absolute Gasteiger partial charge is 0.468 e. The van der Waals surface area contributed by atoms with Gasteiger partial charge in [-0.3, -0.25) is 9.89 Å². The molecule has 0 spiro atoms. The minimum absolute atomic E-state index is 0. The van der Waals surface area contributed by atoms with Crippen molar-refractivity contribution in [1.29, 1.82) is 0 Å². The molecule has 1 atom stereocenters. The molecule has 0 bridgehead atoms. The van der Waals surface area contributed by atoms with Gasteiger partial charge in [-0.1, -0.05) is 19.3 Å². The number of piperidine rings is 1. The van der Waals surface area contributed by atoms with E-state index in [-0.39, 0.29) is 30.0 Å². The normalized spacial score (nSPS) is 20.8. The van der Waals surface area contributed by atoms with Gasteiger partial charge in [-0.05, 0) is 62.7 Å². The van der Waals surface area contributed by atoms with Crippen LogP contribution < -0.4 is 10.6 Å². The lowest BCUT2D eigenvalue weighted by molar-refractivity contribution is 0.137. The summed E-state index contributed by atoms with van der Waals surface area (Å²) >= 11 is 0. The standard InChI is InChI=1S/C22H38N4O2.HI/c1-23-21(25-18-22(12-16-27-2)10-4-5-11-22)24-17-19(20-9-8-15-28-20)26-13-6-3-7-14-26;/h8-9,15,19H,3-7,10-14,16-18H2,1-2H3,(H2,23,24,25);1H. The third-order valence-corrected chi connectivity index (χ3v) is 6.52. The number of rotatable bonds is 9. The molecule has 29 heavy (non-hydrogen) atoms. The average Bonchev–Trinajstić information content (AvgIpc) is 3.43. The number of hydrogen-bond acceptors (Lipinski definition) is 4. The Morgan fingerprint density at radius 3 is 2.59 bits per heavy atom. The maximum absolute atomic E-state index is 5.76. The van der Waals surface area contributed by atoms with Crippen molar-refractivity contribution in [3.63, 3.8) is 0 Å². The fourth-order valence-corrected chi connectivity index (χ4v) is 4.76. The van der Waals surface area contributed by atoms with Gasteiger partial charge in [0.15, 0.2) is 5.96 Å². The molecule has 1 saturated carbocycles. The molecule has 1 aromatic rings.